The van der Waals surface area contributed by atoms with Crippen molar-refractivity contribution in [2.24, 2.45) is 5.41 Å². The van der Waals surface area contributed by atoms with E-state index in [1.165, 1.54) is 17.8 Å². The van der Waals surface area contributed by atoms with Gasteiger partial charge in [-0.2, -0.15) is 13.2 Å². The molecule has 1 aromatic heterocycles. The number of rotatable bonds is 8. The summed E-state index contributed by atoms with van der Waals surface area (Å²) in [4.78, 5) is 29.3. The van der Waals surface area contributed by atoms with Crippen molar-refractivity contribution in [3.05, 3.63) is 60.2 Å². The standard InChI is InChI=1S/C30H36F3N5O2S/c1-21-20-36(15-16-37(21)26(40)19-29(2,3)4)25(39)14-9-17-41-28-35-34-27(22-10-6-5-7-11-22)38(28)24-13-8-12-23(18-24)30(31,32)33/h5-8,10-13,18,21H,9,14-17,19-20H2,1-4H3. The lowest BCUT2D eigenvalue weighted by Crippen LogP contribution is -2.55. The highest BCUT2D eigenvalue weighted by Gasteiger charge is 2.32. The molecule has 11 heteroatoms. The number of thioether (sulfide) groups is 1. The lowest BCUT2D eigenvalue weighted by atomic mass is 9.91. The Hall–Kier alpha value is -3.34. The second-order valence-electron chi connectivity index (χ2n) is 11.5. The van der Waals surface area contributed by atoms with E-state index >= 15 is 0 Å². The van der Waals surface area contributed by atoms with Crippen LogP contribution < -0.4 is 0 Å². The van der Waals surface area contributed by atoms with Crippen LogP contribution in [0.15, 0.2) is 59.8 Å². The van der Waals surface area contributed by atoms with Crippen molar-refractivity contribution in [2.45, 2.75) is 64.3 Å². The number of nitrogens with zero attached hydrogens (tertiary/aromatic N) is 5. The second kappa shape index (κ2) is 12.7. The van der Waals surface area contributed by atoms with Crippen LogP contribution >= 0.6 is 11.8 Å². The van der Waals surface area contributed by atoms with Gasteiger partial charge in [0.2, 0.25) is 11.8 Å². The zero-order chi connectivity index (χ0) is 29.8. The summed E-state index contributed by atoms with van der Waals surface area (Å²) >= 11 is 1.35. The van der Waals surface area contributed by atoms with Gasteiger partial charge in [0.05, 0.1) is 11.3 Å². The predicted octanol–water partition coefficient (Wildman–Crippen LogP) is 6.32. The Morgan fingerprint density at radius 1 is 0.976 bits per heavy atom. The van der Waals surface area contributed by atoms with Crippen LogP contribution in [0.3, 0.4) is 0 Å². The molecule has 1 aliphatic rings. The van der Waals surface area contributed by atoms with Crippen LogP contribution in [0.5, 0.6) is 0 Å². The summed E-state index contributed by atoms with van der Waals surface area (Å²) in [5.74, 6) is 1.13. The van der Waals surface area contributed by atoms with Gasteiger partial charge in [0.15, 0.2) is 11.0 Å². The van der Waals surface area contributed by atoms with Crippen molar-refractivity contribution in [1.82, 2.24) is 24.6 Å². The fraction of sp³-hybridized carbons (Fsp3) is 0.467. The van der Waals surface area contributed by atoms with E-state index in [1.54, 1.807) is 10.6 Å². The first-order chi connectivity index (χ1) is 19.3. The number of hydrogen-bond donors (Lipinski definition) is 0. The molecular formula is C30H36F3N5O2S. The molecule has 1 atom stereocenters. The highest BCUT2D eigenvalue weighted by Crippen LogP contribution is 2.33. The van der Waals surface area contributed by atoms with Crippen LogP contribution in [0.1, 0.15) is 52.5 Å². The Labute approximate surface area is 243 Å². The summed E-state index contributed by atoms with van der Waals surface area (Å²) in [5, 5.41) is 9.04. The maximum atomic E-state index is 13.5. The number of carbonyl (C=O) groups is 2. The summed E-state index contributed by atoms with van der Waals surface area (Å²) in [6.07, 6.45) is -3.11. The van der Waals surface area contributed by atoms with Crippen LogP contribution in [0.25, 0.3) is 17.1 Å². The van der Waals surface area contributed by atoms with Gasteiger partial charge >= 0.3 is 6.18 Å². The molecular weight excluding hydrogens is 551 g/mol. The number of amides is 2. The van der Waals surface area contributed by atoms with Gasteiger partial charge in [-0.25, -0.2) is 0 Å². The molecule has 2 aromatic carbocycles. The minimum absolute atomic E-state index is 0.0321. The van der Waals surface area contributed by atoms with Crippen molar-refractivity contribution < 1.29 is 22.8 Å². The first kappa shape index (κ1) is 30.6. The molecule has 0 N–H and O–H groups in total. The van der Waals surface area contributed by atoms with Crippen molar-refractivity contribution in [3.8, 4) is 17.1 Å². The normalized spacial score (nSPS) is 16.2. The molecule has 3 aromatic rings. The third-order valence-electron chi connectivity index (χ3n) is 6.85. The molecule has 1 aliphatic heterocycles. The van der Waals surface area contributed by atoms with Gasteiger partial charge in [-0.15, -0.1) is 10.2 Å². The molecule has 0 saturated carbocycles. The van der Waals surface area contributed by atoms with Crippen LogP contribution in [0, 0.1) is 5.41 Å². The topological polar surface area (TPSA) is 71.3 Å². The highest BCUT2D eigenvalue weighted by atomic mass is 32.2. The van der Waals surface area contributed by atoms with Crippen molar-refractivity contribution in [3.63, 3.8) is 0 Å². The summed E-state index contributed by atoms with van der Waals surface area (Å²) in [7, 11) is 0. The average molecular weight is 588 g/mol. The molecule has 1 fully saturated rings. The van der Waals surface area contributed by atoms with E-state index in [-0.39, 0.29) is 23.3 Å². The molecule has 2 heterocycles. The Morgan fingerprint density at radius 3 is 2.37 bits per heavy atom. The monoisotopic (exact) mass is 587 g/mol. The van der Waals surface area contributed by atoms with E-state index in [9.17, 15) is 22.8 Å². The Kier molecular flexibility index (Phi) is 9.46. The average Bonchev–Trinajstić information content (AvgIpc) is 3.34. The number of aromatic nitrogens is 3. The first-order valence-corrected chi connectivity index (χ1v) is 14.7. The summed E-state index contributed by atoms with van der Waals surface area (Å²) in [6.45, 7) is 9.64. The van der Waals surface area contributed by atoms with Crippen LogP contribution in [-0.2, 0) is 15.8 Å². The minimum atomic E-state index is -4.48. The van der Waals surface area contributed by atoms with Crippen LogP contribution in [0.4, 0.5) is 13.2 Å². The minimum Gasteiger partial charge on any atom is -0.339 e. The van der Waals surface area contributed by atoms with Gasteiger partial charge in [0.1, 0.15) is 0 Å². The number of halogens is 3. The molecule has 0 bridgehead atoms. The number of piperazine rings is 1. The van der Waals surface area contributed by atoms with E-state index in [0.717, 1.165) is 17.7 Å². The molecule has 2 amide bonds. The SMILES string of the molecule is CC1CN(C(=O)CCCSc2nnc(-c3ccccc3)n2-c2cccc(C(F)(F)F)c2)CCN1C(=O)CC(C)(C)C. The first-order valence-electron chi connectivity index (χ1n) is 13.7. The number of hydrogen-bond acceptors (Lipinski definition) is 5. The third kappa shape index (κ3) is 7.90. The Bertz CT molecular complexity index is 1350. The van der Waals surface area contributed by atoms with Gasteiger partial charge < -0.3 is 9.80 Å². The summed E-state index contributed by atoms with van der Waals surface area (Å²) < 4.78 is 42.0. The third-order valence-corrected chi connectivity index (χ3v) is 7.86. The summed E-state index contributed by atoms with van der Waals surface area (Å²) in [5.41, 5.74) is 0.205. The molecule has 1 unspecified atom stereocenters. The number of carbonyl (C=O) groups excluding carboxylic acids is 2. The fourth-order valence-electron chi connectivity index (χ4n) is 4.85. The van der Waals surface area contributed by atoms with E-state index in [0.29, 0.717) is 61.3 Å². The predicted molar refractivity (Wildman–Crippen MR) is 154 cm³/mol. The quantitative estimate of drug-likeness (QED) is 0.228. The fourth-order valence-corrected chi connectivity index (χ4v) is 5.74. The molecule has 0 radical (unpaired) electrons. The molecule has 41 heavy (non-hydrogen) atoms. The van der Waals surface area contributed by atoms with Gasteiger partial charge in [-0.05, 0) is 37.0 Å². The number of alkyl halides is 3. The lowest BCUT2D eigenvalue weighted by molar-refractivity contribution is -0.143. The van der Waals surface area contributed by atoms with Crippen molar-refractivity contribution >= 4 is 23.6 Å². The Balaban J connectivity index is 1.39. The van der Waals surface area contributed by atoms with Gasteiger partial charge in [-0.1, -0.05) is 68.9 Å². The molecule has 0 aliphatic carbocycles. The molecule has 1 saturated heterocycles. The smallest absolute Gasteiger partial charge is 0.339 e. The van der Waals surface area contributed by atoms with Crippen molar-refractivity contribution in [1.29, 1.82) is 0 Å². The Morgan fingerprint density at radius 2 is 1.71 bits per heavy atom. The highest BCUT2D eigenvalue weighted by molar-refractivity contribution is 7.99. The van der Waals surface area contributed by atoms with Crippen LogP contribution in [-0.4, -0.2) is 67.8 Å². The zero-order valence-corrected chi connectivity index (χ0v) is 24.6. The van der Waals surface area contributed by atoms with Gasteiger partial charge in [0.25, 0.3) is 0 Å². The number of benzene rings is 2. The van der Waals surface area contributed by atoms with Crippen molar-refractivity contribution in [2.75, 3.05) is 25.4 Å². The van der Waals surface area contributed by atoms with E-state index in [1.807, 2.05) is 67.8 Å². The van der Waals surface area contributed by atoms with E-state index < -0.39 is 11.7 Å². The van der Waals surface area contributed by atoms with Gasteiger partial charge in [0, 0.05) is 49.8 Å². The summed E-state index contributed by atoms with van der Waals surface area (Å²) in [6, 6.07) is 14.2. The maximum Gasteiger partial charge on any atom is 0.416 e. The largest absolute Gasteiger partial charge is 0.416 e. The maximum absolute atomic E-state index is 13.5. The molecule has 4 rings (SSSR count). The zero-order valence-electron chi connectivity index (χ0n) is 23.8. The van der Waals surface area contributed by atoms with E-state index in [4.69, 9.17) is 0 Å². The lowest BCUT2D eigenvalue weighted by Gasteiger charge is -2.41. The van der Waals surface area contributed by atoms with E-state index in [2.05, 4.69) is 10.2 Å². The second-order valence-corrected chi connectivity index (χ2v) is 12.6. The van der Waals surface area contributed by atoms with Gasteiger partial charge in [-0.3, -0.25) is 14.2 Å². The molecule has 220 valence electrons. The molecule has 0 spiro atoms. The molecule has 7 nitrogen and oxygen atoms in total. The van der Waals surface area contributed by atoms with Crippen LogP contribution in [0.2, 0.25) is 0 Å².